The normalized spacial score (nSPS) is 11.5. The molecule has 5 nitrogen and oxygen atoms in total. The molecule has 0 saturated heterocycles. The van der Waals surface area contributed by atoms with E-state index in [4.69, 9.17) is 4.74 Å². The van der Waals surface area contributed by atoms with Gasteiger partial charge >= 0.3 is 0 Å². The Morgan fingerprint density at radius 2 is 1.57 bits per heavy atom. The molecule has 1 N–H and O–H groups in total. The zero-order valence-corrected chi connectivity index (χ0v) is 20.4. The lowest BCUT2D eigenvalue weighted by Crippen LogP contribution is -2.43. The summed E-state index contributed by atoms with van der Waals surface area (Å²) in [4.78, 5) is 30.0. The van der Waals surface area contributed by atoms with Crippen LogP contribution in [0.3, 0.4) is 0 Å². The Morgan fingerprint density at radius 3 is 2.26 bits per heavy atom. The fraction of sp³-hybridized carbons (Fsp3) is 0.172. The second-order valence-electron chi connectivity index (χ2n) is 8.11. The van der Waals surface area contributed by atoms with Gasteiger partial charge in [-0.2, -0.15) is 0 Å². The van der Waals surface area contributed by atoms with E-state index in [0.717, 1.165) is 21.6 Å². The van der Waals surface area contributed by atoms with Crippen molar-refractivity contribution < 1.29 is 14.3 Å². The van der Waals surface area contributed by atoms with Crippen molar-refractivity contribution in [2.24, 2.45) is 0 Å². The van der Waals surface area contributed by atoms with Crippen LogP contribution < -0.4 is 10.1 Å². The lowest BCUT2D eigenvalue weighted by molar-refractivity contribution is -0.141. The smallest absolute Gasteiger partial charge is 0.247 e. The maximum Gasteiger partial charge on any atom is 0.247 e. The molecule has 35 heavy (non-hydrogen) atoms. The number of ether oxygens (including phenoxy) is 1. The summed E-state index contributed by atoms with van der Waals surface area (Å²) in [5.74, 6) is 0.328. The summed E-state index contributed by atoms with van der Waals surface area (Å²) in [5.41, 5.74) is 2.59. The summed E-state index contributed by atoms with van der Waals surface area (Å²) in [6.45, 7) is 0.622. The van der Waals surface area contributed by atoms with Gasteiger partial charge in [-0.1, -0.05) is 84.9 Å². The first kappa shape index (κ1) is 24.2. The van der Waals surface area contributed by atoms with E-state index >= 15 is 0 Å². The molecule has 1 heterocycles. The van der Waals surface area contributed by atoms with Crippen LogP contribution in [0.25, 0.3) is 0 Å². The zero-order valence-electron chi connectivity index (χ0n) is 19.6. The molecule has 3 aromatic carbocycles. The Morgan fingerprint density at radius 1 is 0.886 bits per heavy atom. The standard InChI is InChI=1S/C29H28N2O3S/c1-34-26-17-9-8-15-24(26)21-31(27(32)19-25-16-10-18-35-25)28(23-13-6-3-7-14-23)29(33)30-20-22-11-4-2-5-12-22/h2-18,28H,19-21H2,1H3,(H,30,33)/t28-/m0/s1. The van der Waals surface area contributed by atoms with Gasteiger partial charge in [0.15, 0.2) is 0 Å². The number of nitrogens with one attached hydrogen (secondary N) is 1. The number of amides is 2. The van der Waals surface area contributed by atoms with Gasteiger partial charge in [-0.15, -0.1) is 11.3 Å². The van der Waals surface area contributed by atoms with Crippen LogP contribution in [0.2, 0.25) is 0 Å². The molecule has 0 radical (unpaired) electrons. The van der Waals surface area contributed by atoms with Crippen LogP contribution in [-0.4, -0.2) is 23.8 Å². The van der Waals surface area contributed by atoms with E-state index in [-0.39, 0.29) is 24.8 Å². The number of carbonyl (C=O) groups is 2. The number of thiophene rings is 1. The maximum atomic E-state index is 13.7. The molecular formula is C29H28N2O3S. The Labute approximate surface area is 210 Å². The molecule has 0 aliphatic carbocycles. The Balaban J connectivity index is 1.69. The van der Waals surface area contributed by atoms with Gasteiger partial charge < -0.3 is 15.0 Å². The third-order valence-electron chi connectivity index (χ3n) is 5.74. The summed E-state index contributed by atoms with van der Waals surface area (Å²) >= 11 is 1.53. The van der Waals surface area contributed by atoms with E-state index in [2.05, 4.69) is 5.32 Å². The number of rotatable bonds is 10. The first-order chi connectivity index (χ1) is 17.2. The van der Waals surface area contributed by atoms with Crippen LogP contribution in [0, 0.1) is 0 Å². The molecule has 0 aliphatic heterocycles. The summed E-state index contributed by atoms with van der Waals surface area (Å²) in [7, 11) is 1.61. The summed E-state index contributed by atoms with van der Waals surface area (Å²) < 4.78 is 5.55. The molecule has 0 spiro atoms. The number of para-hydroxylation sites is 1. The van der Waals surface area contributed by atoms with Gasteiger partial charge in [0.25, 0.3) is 0 Å². The summed E-state index contributed by atoms with van der Waals surface area (Å²) in [6, 6.07) is 29.9. The summed E-state index contributed by atoms with van der Waals surface area (Å²) in [5, 5.41) is 5.00. The van der Waals surface area contributed by atoms with E-state index in [9.17, 15) is 9.59 Å². The van der Waals surface area contributed by atoms with Gasteiger partial charge in [-0.05, 0) is 28.6 Å². The lowest BCUT2D eigenvalue weighted by Gasteiger charge is -2.32. The highest BCUT2D eigenvalue weighted by Gasteiger charge is 2.32. The van der Waals surface area contributed by atoms with E-state index in [1.165, 1.54) is 11.3 Å². The zero-order chi connectivity index (χ0) is 24.5. The molecule has 0 fully saturated rings. The van der Waals surface area contributed by atoms with Crippen molar-refractivity contribution in [3.05, 3.63) is 124 Å². The van der Waals surface area contributed by atoms with Crippen molar-refractivity contribution >= 4 is 23.2 Å². The lowest BCUT2D eigenvalue weighted by atomic mass is 10.0. The maximum absolute atomic E-state index is 13.7. The molecule has 2 amide bonds. The average Bonchev–Trinajstić information content (AvgIpc) is 3.41. The van der Waals surface area contributed by atoms with E-state index < -0.39 is 6.04 Å². The molecule has 178 valence electrons. The van der Waals surface area contributed by atoms with Crippen molar-refractivity contribution in [3.63, 3.8) is 0 Å². The molecule has 1 aromatic heterocycles. The van der Waals surface area contributed by atoms with Gasteiger partial charge in [-0.25, -0.2) is 0 Å². The van der Waals surface area contributed by atoms with E-state index in [0.29, 0.717) is 12.3 Å². The van der Waals surface area contributed by atoms with Crippen molar-refractivity contribution in [1.82, 2.24) is 10.2 Å². The molecule has 0 bridgehead atoms. The van der Waals surface area contributed by atoms with Crippen LogP contribution in [0.4, 0.5) is 0 Å². The summed E-state index contributed by atoms with van der Waals surface area (Å²) in [6.07, 6.45) is 0.224. The molecule has 1 atom stereocenters. The van der Waals surface area contributed by atoms with Crippen LogP contribution in [0.15, 0.2) is 102 Å². The molecule has 6 heteroatoms. The number of hydrogen-bond donors (Lipinski definition) is 1. The van der Waals surface area contributed by atoms with E-state index in [1.807, 2.05) is 102 Å². The number of nitrogens with zero attached hydrogens (tertiary/aromatic N) is 1. The monoisotopic (exact) mass is 484 g/mol. The van der Waals surface area contributed by atoms with Crippen LogP contribution >= 0.6 is 11.3 Å². The minimum absolute atomic E-state index is 0.123. The Hall–Kier alpha value is -3.90. The number of methoxy groups -OCH3 is 1. The SMILES string of the molecule is COc1ccccc1CN(C(=O)Cc1cccs1)[C@H](C(=O)NCc1ccccc1)c1ccccc1. The highest BCUT2D eigenvalue weighted by atomic mass is 32.1. The molecule has 0 aliphatic rings. The minimum atomic E-state index is -0.794. The second kappa shape index (κ2) is 12.0. The van der Waals surface area contributed by atoms with Crippen molar-refractivity contribution in [2.75, 3.05) is 7.11 Å². The predicted molar refractivity (Wildman–Crippen MR) is 139 cm³/mol. The molecule has 4 aromatic rings. The molecule has 0 saturated carbocycles. The fourth-order valence-corrected chi connectivity index (χ4v) is 4.69. The third-order valence-corrected chi connectivity index (χ3v) is 6.62. The topological polar surface area (TPSA) is 58.6 Å². The van der Waals surface area contributed by atoms with Gasteiger partial charge in [0, 0.05) is 17.0 Å². The van der Waals surface area contributed by atoms with Crippen molar-refractivity contribution in [2.45, 2.75) is 25.6 Å². The van der Waals surface area contributed by atoms with Crippen molar-refractivity contribution in [1.29, 1.82) is 0 Å². The fourth-order valence-electron chi connectivity index (χ4n) is 3.99. The van der Waals surface area contributed by atoms with Crippen molar-refractivity contribution in [3.8, 4) is 5.75 Å². The molecule has 0 unspecified atom stereocenters. The molecule has 4 rings (SSSR count). The largest absolute Gasteiger partial charge is 0.496 e. The highest BCUT2D eigenvalue weighted by molar-refractivity contribution is 7.10. The predicted octanol–water partition coefficient (Wildman–Crippen LogP) is 5.39. The van der Waals surface area contributed by atoms with Crippen LogP contribution in [0.1, 0.15) is 27.6 Å². The van der Waals surface area contributed by atoms with Gasteiger partial charge in [-0.3, -0.25) is 9.59 Å². The second-order valence-corrected chi connectivity index (χ2v) is 9.14. The molecular weight excluding hydrogens is 456 g/mol. The highest BCUT2D eigenvalue weighted by Crippen LogP contribution is 2.28. The quantitative estimate of drug-likeness (QED) is 0.329. The third kappa shape index (κ3) is 6.37. The van der Waals surface area contributed by atoms with Gasteiger partial charge in [0.05, 0.1) is 20.1 Å². The van der Waals surface area contributed by atoms with E-state index in [1.54, 1.807) is 12.0 Å². The van der Waals surface area contributed by atoms with Crippen LogP contribution in [0.5, 0.6) is 5.75 Å². The number of benzene rings is 3. The first-order valence-electron chi connectivity index (χ1n) is 11.5. The van der Waals surface area contributed by atoms with Gasteiger partial charge in [0.2, 0.25) is 11.8 Å². The van der Waals surface area contributed by atoms with Gasteiger partial charge in [0.1, 0.15) is 11.8 Å². The first-order valence-corrected chi connectivity index (χ1v) is 12.3. The average molecular weight is 485 g/mol. The number of hydrogen-bond acceptors (Lipinski definition) is 4. The Bertz CT molecular complexity index is 1230. The number of carbonyl (C=O) groups excluding carboxylic acids is 2. The van der Waals surface area contributed by atoms with Crippen LogP contribution in [-0.2, 0) is 29.1 Å². The Kier molecular flexibility index (Phi) is 8.30. The minimum Gasteiger partial charge on any atom is -0.496 e.